The van der Waals surface area contributed by atoms with E-state index in [0.29, 0.717) is 6.04 Å². The van der Waals surface area contributed by atoms with E-state index in [0.717, 1.165) is 51.7 Å². The monoisotopic (exact) mass is 254 g/mol. The van der Waals surface area contributed by atoms with E-state index in [-0.39, 0.29) is 11.9 Å². The predicted molar refractivity (Wildman–Crippen MR) is 67.3 cm³/mol. The maximum absolute atomic E-state index is 11.3. The quantitative estimate of drug-likeness (QED) is 0.796. The number of carboxylic acids is 1. The summed E-state index contributed by atoms with van der Waals surface area (Å²) in [7, 11) is 0. The Morgan fingerprint density at radius 2 is 1.72 bits per heavy atom. The fourth-order valence-corrected chi connectivity index (χ4v) is 3.17. The third kappa shape index (κ3) is 2.83. The van der Waals surface area contributed by atoms with Gasteiger partial charge in [0.2, 0.25) is 5.91 Å². The van der Waals surface area contributed by atoms with Crippen LogP contribution >= 0.6 is 0 Å². The van der Waals surface area contributed by atoms with Gasteiger partial charge >= 0.3 is 5.97 Å². The largest absolute Gasteiger partial charge is 0.480 e. The molecule has 5 heteroatoms. The van der Waals surface area contributed by atoms with Crippen molar-refractivity contribution < 1.29 is 14.7 Å². The number of carbonyl (C=O) groups is 2. The second-order valence-electron chi connectivity index (χ2n) is 5.32. The third-order valence-electron chi connectivity index (χ3n) is 4.21. The second-order valence-corrected chi connectivity index (χ2v) is 5.32. The van der Waals surface area contributed by atoms with Crippen LogP contribution in [0.4, 0.5) is 0 Å². The van der Waals surface area contributed by atoms with Crippen LogP contribution in [0.5, 0.6) is 0 Å². The highest BCUT2D eigenvalue weighted by molar-refractivity contribution is 5.74. The zero-order valence-electron chi connectivity index (χ0n) is 11.0. The summed E-state index contributed by atoms with van der Waals surface area (Å²) >= 11 is 0. The normalized spacial score (nSPS) is 27.2. The molecule has 2 aliphatic heterocycles. The molecule has 0 saturated carbocycles. The third-order valence-corrected chi connectivity index (χ3v) is 4.21. The van der Waals surface area contributed by atoms with Crippen LogP contribution in [0.1, 0.15) is 39.0 Å². The summed E-state index contributed by atoms with van der Waals surface area (Å²) in [5.74, 6) is -0.564. The predicted octanol–water partition coefficient (Wildman–Crippen LogP) is 0.936. The Labute approximate surface area is 108 Å². The van der Waals surface area contributed by atoms with Crippen molar-refractivity contribution in [2.45, 2.75) is 51.1 Å². The molecule has 0 aromatic carbocycles. The standard InChI is InChI=1S/C13H22N2O3/c1-10(16)14-8-5-11(6-9-14)15-7-3-2-4-12(15)13(17)18/h11-12H,2-9H2,1H3,(H,17,18). The van der Waals surface area contributed by atoms with E-state index < -0.39 is 5.97 Å². The van der Waals surface area contributed by atoms with Gasteiger partial charge in [-0.05, 0) is 32.2 Å². The molecule has 1 amide bonds. The number of hydrogen-bond acceptors (Lipinski definition) is 3. The Balaban J connectivity index is 1.94. The van der Waals surface area contributed by atoms with Crippen molar-refractivity contribution in [1.29, 1.82) is 0 Å². The van der Waals surface area contributed by atoms with E-state index >= 15 is 0 Å². The molecule has 0 aliphatic carbocycles. The van der Waals surface area contributed by atoms with Crippen LogP contribution in [0.15, 0.2) is 0 Å². The highest BCUT2D eigenvalue weighted by Crippen LogP contribution is 2.25. The Bertz CT molecular complexity index is 324. The molecule has 18 heavy (non-hydrogen) atoms. The maximum atomic E-state index is 11.3. The van der Waals surface area contributed by atoms with Crippen molar-refractivity contribution in [1.82, 2.24) is 9.80 Å². The van der Waals surface area contributed by atoms with Gasteiger partial charge in [0.25, 0.3) is 0 Å². The van der Waals surface area contributed by atoms with E-state index in [1.54, 1.807) is 6.92 Å². The van der Waals surface area contributed by atoms with Crippen molar-refractivity contribution in [3.63, 3.8) is 0 Å². The lowest BCUT2D eigenvalue weighted by Crippen LogP contribution is -2.53. The van der Waals surface area contributed by atoms with Gasteiger partial charge in [0.05, 0.1) is 0 Å². The minimum atomic E-state index is -0.691. The lowest BCUT2D eigenvalue weighted by molar-refractivity contribution is -0.147. The molecule has 1 N–H and O–H groups in total. The van der Waals surface area contributed by atoms with Gasteiger partial charge in [0, 0.05) is 26.1 Å². The maximum Gasteiger partial charge on any atom is 0.320 e. The molecule has 0 aromatic heterocycles. The summed E-state index contributed by atoms with van der Waals surface area (Å²) in [6.45, 7) is 4.02. The minimum absolute atomic E-state index is 0.127. The zero-order valence-corrected chi connectivity index (χ0v) is 11.0. The van der Waals surface area contributed by atoms with Crippen molar-refractivity contribution in [3.8, 4) is 0 Å². The second kappa shape index (κ2) is 5.69. The van der Waals surface area contributed by atoms with E-state index in [9.17, 15) is 14.7 Å². The number of carboxylic acid groups (broad SMARTS) is 1. The summed E-state index contributed by atoms with van der Waals surface area (Å²) in [6.07, 6.45) is 4.69. The molecule has 0 bridgehead atoms. The molecular formula is C13H22N2O3. The number of rotatable bonds is 2. The van der Waals surface area contributed by atoms with Crippen LogP contribution in [0.3, 0.4) is 0 Å². The van der Waals surface area contributed by atoms with E-state index in [4.69, 9.17) is 0 Å². The van der Waals surface area contributed by atoms with Crippen molar-refractivity contribution in [2.75, 3.05) is 19.6 Å². The molecule has 1 atom stereocenters. The van der Waals surface area contributed by atoms with Gasteiger partial charge in [0.1, 0.15) is 6.04 Å². The minimum Gasteiger partial charge on any atom is -0.480 e. The molecule has 1 unspecified atom stereocenters. The first kappa shape index (κ1) is 13.3. The van der Waals surface area contributed by atoms with Gasteiger partial charge in [-0.15, -0.1) is 0 Å². The average Bonchev–Trinajstić information content (AvgIpc) is 2.39. The molecule has 2 heterocycles. The SMILES string of the molecule is CC(=O)N1CCC(N2CCCCC2C(=O)O)CC1. The molecule has 2 rings (SSSR count). The average molecular weight is 254 g/mol. The van der Waals surface area contributed by atoms with Gasteiger partial charge in [0.15, 0.2) is 0 Å². The fourth-order valence-electron chi connectivity index (χ4n) is 3.17. The lowest BCUT2D eigenvalue weighted by Gasteiger charge is -2.43. The summed E-state index contributed by atoms with van der Waals surface area (Å²) in [5.41, 5.74) is 0. The summed E-state index contributed by atoms with van der Waals surface area (Å²) in [4.78, 5) is 26.6. The van der Waals surface area contributed by atoms with Crippen molar-refractivity contribution >= 4 is 11.9 Å². The van der Waals surface area contributed by atoms with E-state index in [2.05, 4.69) is 4.90 Å². The van der Waals surface area contributed by atoms with E-state index in [1.165, 1.54) is 0 Å². The first-order valence-corrected chi connectivity index (χ1v) is 6.83. The Morgan fingerprint density at radius 1 is 1.06 bits per heavy atom. The molecule has 2 aliphatic rings. The van der Waals surface area contributed by atoms with Gasteiger partial charge in [-0.2, -0.15) is 0 Å². The molecule has 0 aromatic rings. The number of aliphatic carboxylic acids is 1. The van der Waals surface area contributed by atoms with Crippen LogP contribution in [0.25, 0.3) is 0 Å². The topological polar surface area (TPSA) is 60.9 Å². The summed E-state index contributed by atoms with van der Waals surface area (Å²) in [5, 5.41) is 9.27. The smallest absolute Gasteiger partial charge is 0.320 e. The number of hydrogen-bond donors (Lipinski definition) is 1. The van der Waals surface area contributed by atoms with Crippen LogP contribution in [0, 0.1) is 0 Å². The molecule has 2 fully saturated rings. The van der Waals surface area contributed by atoms with Crippen LogP contribution in [-0.4, -0.2) is 58.5 Å². The highest BCUT2D eigenvalue weighted by Gasteiger charge is 2.35. The molecule has 2 saturated heterocycles. The molecule has 102 valence electrons. The Kier molecular flexibility index (Phi) is 4.22. The van der Waals surface area contributed by atoms with Crippen molar-refractivity contribution in [3.05, 3.63) is 0 Å². The Hall–Kier alpha value is -1.10. The zero-order chi connectivity index (χ0) is 13.1. The lowest BCUT2D eigenvalue weighted by atomic mass is 9.95. The van der Waals surface area contributed by atoms with Gasteiger partial charge < -0.3 is 10.0 Å². The highest BCUT2D eigenvalue weighted by atomic mass is 16.4. The van der Waals surface area contributed by atoms with Crippen LogP contribution in [-0.2, 0) is 9.59 Å². The first-order valence-electron chi connectivity index (χ1n) is 6.83. The molecule has 5 nitrogen and oxygen atoms in total. The first-order chi connectivity index (χ1) is 8.59. The van der Waals surface area contributed by atoms with Crippen LogP contribution in [0.2, 0.25) is 0 Å². The fraction of sp³-hybridized carbons (Fsp3) is 0.846. The molecule has 0 spiro atoms. The van der Waals surface area contributed by atoms with Crippen molar-refractivity contribution in [2.24, 2.45) is 0 Å². The van der Waals surface area contributed by atoms with Gasteiger partial charge in [-0.25, -0.2) is 0 Å². The number of amides is 1. The van der Waals surface area contributed by atoms with E-state index in [1.807, 2.05) is 4.90 Å². The number of piperidine rings is 2. The summed E-state index contributed by atoms with van der Waals surface area (Å²) < 4.78 is 0. The molecular weight excluding hydrogens is 232 g/mol. The number of nitrogens with zero attached hydrogens (tertiary/aromatic N) is 2. The number of carbonyl (C=O) groups excluding carboxylic acids is 1. The van der Waals surface area contributed by atoms with Crippen LogP contribution < -0.4 is 0 Å². The summed E-state index contributed by atoms with van der Waals surface area (Å²) in [6, 6.07) is 0.0228. The van der Waals surface area contributed by atoms with Gasteiger partial charge in [-0.1, -0.05) is 6.42 Å². The molecule has 0 radical (unpaired) electrons. The Morgan fingerprint density at radius 3 is 2.28 bits per heavy atom. The van der Waals surface area contributed by atoms with Gasteiger partial charge in [-0.3, -0.25) is 14.5 Å². The number of likely N-dealkylation sites (tertiary alicyclic amines) is 2.